The summed E-state index contributed by atoms with van der Waals surface area (Å²) in [5.74, 6) is 0.398. The molecule has 0 saturated heterocycles. The Labute approximate surface area is 147 Å². The lowest BCUT2D eigenvalue weighted by Gasteiger charge is -2.12. The molecule has 0 N–H and O–H groups in total. The Morgan fingerprint density at radius 3 is 2.88 bits per heavy atom. The number of methoxy groups -OCH3 is 1. The molecule has 6 nitrogen and oxygen atoms in total. The van der Waals surface area contributed by atoms with E-state index in [2.05, 4.69) is 10.2 Å². The first-order valence-corrected chi connectivity index (χ1v) is 8.26. The Morgan fingerprint density at radius 2 is 2.17 bits per heavy atom. The van der Waals surface area contributed by atoms with E-state index in [1.54, 1.807) is 19.1 Å². The minimum Gasteiger partial charge on any atom is -0.496 e. The first-order valence-electron chi connectivity index (χ1n) is 7.00. The van der Waals surface area contributed by atoms with Gasteiger partial charge in [-0.15, -0.1) is 21.5 Å². The average Bonchev–Trinajstić information content (AvgIpc) is 3.25. The minimum absolute atomic E-state index is 0.216. The van der Waals surface area contributed by atoms with Gasteiger partial charge in [0, 0.05) is 5.02 Å². The maximum absolute atomic E-state index is 12.3. The predicted octanol–water partition coefficient (Wildman–Crippen LogP) is 4.38. The summed E-state index contributed by atoms with van der Waals surface area (Å²) in [6, 6.07) is 8.48. The van der Waals surface area contributed by atoms with Gasteiger partial charge in [-0.3, -0.25) is 0 Å². The Hall–Kier alpha value is -2.38. The number of aromatic nitrogens is 2. The van der Waals surface area contributed by atoms with Crippen molar-refractivity contribution in [2.24, 2.45) is 0 Å². The van der Waals surface area contributed by atoms with Gasteiger partial charge in [-0.1, -0.05) is 17.7 Å². The fraction of sp³-hybridized carbons (Fsp3) is 0.188. The molecule has 2 aromatic heterocycles. The highest BCUT2D eigenvalue weighted by Gasteiger charge is 2.22. The Kier molecular flexibility index (Phi) is 4.82. The molecule has 0 aliphatic heterocycles. The number of nitrogens with zero attached hydrogens (tertiary/aromatic N) is 2. The van der Waals surface area contributed by atoms with E-state index >= 15 is 0 Å². The molecule has 2 heterocycles. The third kappa shape index (κ3) is 3.42. The number of thiophene rings is 1. The number of hydrogen-bond donors (Lipinski definition) is 0. The summed E-state index contributed by atoms with van der Waals surface area (Å²) in [7, 11) is 1.47. The zero-order chi connectivity index (χ0) is 17.1. The second-order valence-corrected chi connectivity index (χ2v) is 6.20. The fourth-order valence-electron chi connectivity index (χ4n) is 2.01. The zero-order valence-corrected chi connectivity index (χ0v) is 14.4. The molecule has 0 fully saturated rings. The van der Waals surface area contributed by atoms with Crippen molar-refractivity contribution in [3.05, 3.63) is 52.2 Å². The second kappa shape index (κ2) is 7.02. The second-order valence-electron chi connectivity index (χ2n) is 4.81. The van der Waals surface area contributed by atoms with Crippen molar-refractivity contribution in [1.29, 1.82) is 0 Å². The number of carbonyl (C=O) groups excluding carboxylic acids is 1. The average molecular weight is 365 g/mol. The van der Waals surface area contributed by atoms with E-state index in [9.17, 15) is 4.79 Å². The lowest BCUT2D eigenvalue weighted by atomic mass is 10.2. The molecule has 3 rings (SSSR count). The van der Waals surface area contributed by atoms with Gasteiger partial charge in [0.25, 0.3) is 11.8 Å². The van der Waals surface area contributed by atoms with Gasteiger partial charge in [-0.2, -0.15) is 0 Å². The zero-order valence-electron chi connectivity index (χ0n) is 12.9. The van der Waals surface area contributed by atoms with E-state index in [1.165, 1.54) is 24.5 Å². The summed E-state index contributed by atoms with van der Waals surface area (Å²) >= 11 is 7.41. The molecule has 24 heavy (non-hydrogen) atoms. The number of halogens is 1. The van der Waals surface area contributed by atoms with E-state index in [0.29, 0.717) is 16.7 Å². The molecule has 0 spiro atoms. The van der Waals surface area contributed by atoms with Crippen LogP contribution in [0.1, 0.15) is 29.3 Å². The smallest absolute Gasteiger partial charge is 0.342 e. The van der Waals surface area contributed by atoms with Crippen molar-refractivity contribution in [2.45, 2.75) is 13.0 Å². The molecule has 0 unspecified atom stereocenters. The number of hydrogen-bond acceptors (Lipinski definition) is 7. The van der Waals surface area contributed by atoms with Crippen molar-refractivity contribution >= 4 is 28.9 Å². The molecular weight excluding hydrogens is 352 g/mol. The summed E-state index contributed by atoms with van der Waals surface area (Å²) in [5, 5.41) is 10.2. The van der Waals surface area contributed by atoms with Crippen LogP contribution in [-0.2, 0) is 4.74 Å². The summed E-state index contributed by atoms with van der Waals surface area (Å²) < 4.78 is 16.1. The standard InChI is InChI=1S/C16H13ClN2O4S/c1-9(14-18-19-15(23-14)13-4-3-7-24-13)22-16(20)11-8-10(17)5-6-12(11)21-2/h3-9H,1-2H3/t9-/m1/s1. The molecule has 3 aromatic rings. The third-order valence-corrected chi connectivity index (χ3v) is 4.28. The first kappa shape index (κ1) is 16.5. The van der Waals surface area contributed by atoms with Crippen LogP contribution in [0.4, 0.5) is 0 Å². The van der Waals surface area contributed by atoms with Crippen molar-refractivity contribution in [3.63, 3.8) is 0 Å². The van der Waals surface area contributed by atoms with Gasteiger partial charge in [0.15, 0.2) is 6.10 Å². The van der Waals surface area contributed by atoms with E-state index in [4.69, 9.17) is 25.5 Å². The highest BCUT2D eigenvalue weighted by molar-refractivity contribution is 7.13. The van der Waals surface area contributed by atoms with Gasteiger partial charge in [-0.25, -0.2) is 4.79 Å². The molecule has 1 atom stereocenters. The Balaban J connectivity index is 1.76. The number of rotatable bonds is 5. The summed E-state index contributed by atoms with van der Waals surface area (Å²) in [4.78, 5) is 13.2. The first-order chi connectivity index (χ1) is 11.6. The molecule has 0 saturated carbocycles. The van der Waals surface area contributed by atoms with E-state index in [0.717, 1.165) is 4.88 Å². The van der Waals surface area contributed by atoms with Gasteiger partial charge < -0.3 is 13.9 Å². The summed E-state index contributed by atoms with van der Waals surface area (Å²) in [6.45, 7) is 1.65. The molecule has 0 amide bonds. The van der Waals surface area contributed by atoms with Crippen molar-refractivity contribution < 1.29 is 18.7 Å². The molecule has 124 valence electrons. The number of benzene rings is 1. The monoisotopic (exact) mass is 364 g/mol. The molecule has 0 aliphatic carbocycles. The topological polar surface area (TPSA) is 74.5 Å². The molecule has 0 radical (unpaired) electrons. The molecule has 0 aliphatic rings. The van der Waals surface area contributed by atoms with Crippen LogP contribution in [0.3, 0.4) is 0 Å². The van der Waals surface area contributed by atoms with Crippen LogP contribution >= 0.6 is 22.9 Å². The van der Waals surface area contributed by atoms with Crippen LogP contribution in [0.5, 0.6) is 5.75 Å². The van der Waals surface area contributed by atoms with Crippen LogP contribution in [-0.4, -0.2) is 23.3 Å². The lowest BCUT2D eigenvalue weighted by molar-refractivity contribution is 0.0276. The summed E-state index contributed by atoms with van der Waals surface area (Å²) in [5.41, 5.74) is 0.231. The van der Waals surface area contributed by atoms with Crippen LogP contribution in [0, 0.1) is 0 Å². The third-order valence-electron chi connectivity index (χ3n) is 3.19. The van der Waals surface area contributed by atoms with Crippen LogP contribution < -0.4 is 4.74 Å². The number of ether oxygens (including phenoxy) is 2. The van der Waals surface area contributed by atoms with E-state index in [-0.39, 0.29) is 11.5 Å². The van der Waals surface area contributed by atoms with Gasteiger partial charge in [0.05, 0.1) is 12.0 Å². The van der Waals surface area contributed by atoms with Gasteiger partial charge in [-0.05, 0) is 36.6 Å². The van der Waals surface area contributed by atoms with Gasteiger partial charge >= 0.3 is 5.97 Å². The highest BCUT2D eigenvalue weighted by Crippen LogP contribution is 2.28. The van der Waals surface area contributed by atoms with Crippen LogP contribution in [0.2, 0.25) is 5.02 Å². The quantitative estimate of drug-likeness (QED) is 0.625. The normalized spacial score (nSPS) is 12.0. The van der Waals surface area contributed by atoms with Crippen molar-refractivity contribution in [1.82, 2.24) is 10.2 Å². The molecular formula is C16H13ClN2O4S. The molecule has 1 aromatic carbocycles. The molecule has 8 heteroatoms. The van der Waals surface area contributed by atoms with Crippen molar-refractivity contribution in [2.75, 3.05) is 7.11 Å². The lowest BCUT2D eigenvalue weighted by Crippen LogP contribution is -2.11. The number of carbonyl (C=O) groups is 1. The van der Waals surface area contributed by atoms with Crippen LogP contribution in [0.25, 0.3) is 10.8 Å². The largest absolute Gasteiger partial charge is 0.496 e. The minimum atomic E-state index is -0.706. The molecule has 0 bridgehead atoms. The Morgan fingerprint density at radius 1 is 1.33 bits per heavy atom. The Bertz CT molecular complexity index is 848. The van der Waals surface area contributed by atoms with Gasteiger partial charge in [0.1, 0.15) is 11.3 Å². The van der Waals surface area contributed by atoms with E-state index < -0.39 is 12.1 Å². The van der Waals surface area contributed by atoms with Crippen molar-refractivity contribution in [3.8, 4) is 16.5 Å². The maximum atomic E-state index is 12.3. The van der Waals surface area contributed by atoms with E-state index in [1.807, 2.05) is 17.5 Å². The predicted molar refractivity (Wildman–Crippen MR) is 89.4 cm³/mol. The van der Waals surface area contributed by atoms with Crippen LogP contribution in [0.15, 0.2) is 40.1 Å². The SMILES string of the molecule is COc1ccc(Cl)cc1C(=O)O[C@H](C)c1nnc(-c2cccs2)o1. The van der Waals surface area contributed by atoms with Gasteiger partial charge in [0.2, 0.25) is 0 Å². The maximum Gasteiger partial charge on any atom is 0.342 e. The fourth-order valence-corrected chi connectivity index (χ4v) is 2.83. The summed E-state index contributed by atoms with van der Waals surface area (Å²) in [6.07, 6.45) is -0.706. The highest BCUT2D eigenvalue weighted by atomic mass is 35.5. The number of esters is 1.